The molecule has 1 aliphatic rings. The Kier molecular flexibility index (Phi) is 12.2. The summed E-state index contributed by atoms with van der Waals surface area (Å²) < 4.78 is 12.2. The Bertz CT molecular complexity index is 1140. The highest BCUT2D eigenvalue weighted by molar-refractivity contribution is 6.00. The summed E-state index contributed by atoms with van der Waals surface area (Å²) in [6.45, 7) is 6.96. The Labute approximate surface area is 242 Å². The number of guanidine groups is 1. The van der Waals surface area contributed by atoms with Crippen molar-refractivity contribution in [1.29, 1.82) is 0 Å². The van der Waals surface area contributed by atoms with Crippen molar-refractivity contribution in [3.05, 3.63) is 41.9 Å². The number of hydrogen-bond acceptors (Lipinski definition) is 7. The molecule has 7 N–H and O–H groups in total. The average molecular weight is 571 g/mol. The summed E-state index contributed by atoms with van der Waals surface area (Å²) in [7, 11) is 0. The molecule has 0 aliphatic heterocycles. The van der Waals surface area contributed by atoms with E-state index in [1.807, 2.05) is 30.3 Å². The fraction of sp³-hybridized carbons (Fsp3) is 0.600. The maximum Gasteiger partial charge on any atom is 0.329 e. The second kappa shape index (κ2) is 15.5. The first-order chi connectivity index (χ1) is 19.6. The quantitative estimate of drug-likeness (QED) is 0.0856. The fourth-order valence-corrected chi connectivity index (χ4v) is 5.08. The van der Waals surface area contributed by atoms with E-state index in [0.717, 1.165) is 0 Å². The molecule has 1 amide bonds. The summed E-state index contributed by atoms with van der Waals surface area (Å²) in [5.74, 6) is -0.330. The van der Waals surface area contributed by atoms with Gasteiger partial charge in [0.1, 0.15) is 5.54 Å². The molecule has 11 heteroatoms. The van der Waals surface area contributed by atoms with Crippen molar-refractivity contribution in [3.63, 3.8) is 0 Å². The number of carbonyl (C=O) groups excluding carboxylic acids is 1. The number of amides is 1. The number of carbonyl (C=O) groups is 2. The Morgan fingerprint density at radius 2 is 1.90 bits per heavy atom. The van der Waals surface area contributed by atoms with Crippen LogP contribution in [0, 0.1) is 11.8 Å². The van der Waals surface area contributed by atoms with Gasteiger partial charge in [-0.15, -0.1) is 0 Å². The van der Waals surface area contributed by atoms with E-state index in [0.29, 0.717) is 49.5 Å². The lowest BCUT2D eigenvalue weighted by molar-refractivity contribution is -0.144. The van der Waals surface area contributed by atoms with Crippen LogP contribution in [0.3, 0.4) is 0 Å². The molecule has 1 saturated carbocycles. The van der Waals surface area contributed by atoms with E-state index < -0.39 is 17.4 Å². The molecular formula is C30H46N6O5. The monoisotopic (exact) mass is 570 g/mol. The maximum absolute atomic E-state index is 13.6. The van der Waals surface area contributed by atoms with Crippen molar-refractivity contribution in [2.24, 2.45) is 28.3 Å². The van der Waals surface area contributed by atoms with Gasteiger partial charge in [0.2, 0.25) is 5.89 Å². The van der Waals surface area contributed by atoms with Gasteiger partial charge in [-0.1, -0.05) is 63.4 Å². The number of aromatic nitrogens is 1. The standard InChI is InChI=1S/C30H46N6O5/c1-20(2)17-23(34-19-40-18-21-11-6-4-7-12-21)27-35-24(25(41-27)22-13-8-5-9-14-22)26(37)36-30(3,28(38)39)15-10-16-33-29(31)32/h5,8-9,13-14,20-21,23,34H,4,6-7,10-12,15-19H2,1-3H3,(H,36,37)(H,38,39)(H4,31,32,33)/t23?,30-/m1/s1. The molecular weight excluding hydrogens is 524 g/mol. The zero-order chi connectivity index (χ0) is 29.8. The lowest BCUT2D eigenvalue weighted by Gasteiger charge is -2.25. The van der Waals surface area contributed by atoms with Crippen LogP contribution in [0.1, 0.15) is 94.6 Å². The molecule has 41 heavy (non-hydrogen) atoms. The molecule has 0 bridgehead atoms. The van der Waals surface area contributed by atoms with Crippen LogP contribution in [0.2, 0.25) is 0 Å². The minimum Gasteiger partial charge on any atom is -0.480 e. The molecule has 1 aromatic heterocycles. The smallest absolute Gasteiger partial charge is 0.329 e. The van der Waals surface area contributed by atoms with Gasteiger partial charge in [-0.3, -0.25) is 15.1 Å². The molecule has 1 aliphatic carbocycles. The van der Waals surface area contributed by atoms with Crippen molar-refractivity contribution >= 4 is 17.8 Å². The molecule has 11 nitrogen and oxygen atoms in total. The Morgan fingerprint density at radius 1 is 1.20 bits per heavy atom. The Morgan fingerprint density at radius 3 is 2.54 bits per heavy atom. The predicted octanol–water partition coefficient (Wildman–Crippen LogP) is 4.20. The molecule has 0 radical (unpaired) electrons. The molecule has 2 atom stereocenters. The molecule has 3 rings (SSSR count). The number of nitrogens with one attached hydrogen (secondary N) is 2. The predicted molar refractivity (Wildman–Crippen MR) is 158 cm³/mol. The van der Waals surface area contributed by atoms with Gasteiger partial charge in [-0.25, -0.2) is 9.78 Å². The fourth-order valence-electron chi connectivity index (χ4n) is 5.08. The highest BCUT2D eigenvalue weighted by atomic mass is 16.5. The topological polar surface area (TPSA) is 178 Å². The number of rotatable bonds is 16. The van der Waals surface area contributed by atoms with Crippen LogP contribution in [0.15, 0.2) is 39.7 Å². The van der Waals surface area contributed by atoms with E-state index in [9.17, 15) is 14.7 Å². The molecule has 226 valence electrons. The van der Waals surface area contributed by atoms with Crippen LogP contribution in [0.25, 0.3) is 11.3 Å². The van der Waals surface area contributed by atoms with Gasteiger partial charge in [0.25, 0.3) is 5.91 Å². The van der Waals surface area contributed by atoms with Crippen LogP contribution < -0.4 is 22.1 Å². The first-order valence-corrected chi connectivity index (χ1v) is 14.6. The molecule has 1 aromatic carbocycles. The SMILES string of the molecule is CC(C)CC(NCOCC1CCCCC1)c1nc(C(=O)N[C@](C)(CCCN=C(N)N)C(=O)O)c(-c2ccccc2)o1. The Hall–Kier alpha value is -3.44. The number of oxazole rings is 1. The number of aliphatic carboxylic acids is 1. The summed E-state index contributed by atoms with van der Waals surface area (Å²) in [5.41, 5.74) is 9.87. The third-order valence-electron chi connectivity index (χ3n) is 7.40. The highest BCUT2D eigenvalue weighted by Crippen LogP contribution is 2.31. The normalized spacial score (nSPS) is 16.2. The number of hydrogen-bond donors (Lipinski definition) is 5. The molecule has 0 spiro atoms. The van der Waals surface area contributed by atoms with Crippen LogP contribution in [-0.2, 0) is 9.53 Å². The first kappa shape index (κ1) is 32.1. The lowest BCUT2D eigenvalue weighted by atomic mass is 9.90. The number of aliphatic imine (C=N–C) groups is 1. The number of nitrogens with two attached hydrogens (primary N) is 2. The number of nitrogens with zero attached hydrogens (tertiary/aromatic N) is 2. The van der Waals surface area contributed by atoms with Crippen molar-refractivity contribution in [2.75, 3.05) is 19.9 Å². The maximum atomic E-state index is 13.6. The number of carboxylic acids is 1. The van der Waals surface area contributed by atoms with Crippen LogP contribution in [0.4, 0.5) is 0 Å². The summed E-state index contributed by atoms with van der Waals surface area (Å²) in [4.78, 5) is 34.3. The number of ether oxygens (including phenoxy) is 1. The minimum absolute atomic E-state index is 0.0292. The van der Waals surface area contributed by atoms with Crippen molar-refractivity contribution in [3.8, 4) is 11.3 Å². The van der Waals surface area contributed by atoms with Crippen LogP contribution >= 0.6 is 0 Å². The Balaban J connectivity index is 1.82. The average Bonchev–Trinajstić information content (AvgIpc) is 3.39. The van der Waals surface area contributed by atoms with E-state index in [1.54, 1.807) is 0 Å². The summed E-state index contributed by atoms with van der Waals surface area (Å²) in [6.07, 6.45) is 7.42. The molecule has 1 unspecified atom stereocenters. The van der Waals surface area contributed by atoms with E-state index in [4.69, 9.17) is 20.6 Å². The van der Waals surface area contributed by atoms with Crippen molar-refractivity contribution < 1.29 is 23.8 Å². The van der Waals surface area contributed by atoms with Gasteiger partial charge in [0.15, 0.2) is 17.4 Å². The third-order valence-corrected chi connectivity index (χ3v) is 7.40. The second-order valence-corrected chi connectivity index (χ2v) is 11.5. The van der Waals surface area contributed by atoms with Crippen molar-refractivity contribution in [2.45, 2.75) is 83.7 Å². The summed E-state index contributed by atoms with van der Waals surface area (Å²) in [5, 5.41) is 16.0. The van der Waals surface area contributed by atoms with E-state index in [1.165, 1.54) is 39.0 Å². The molecule has 1 fully saturated rings. The van der Waals surface area contributed by atoms with E-state index >= 15 is 0 Å². The minimum atomic E-state index is -1.56. The van der Waals surface area contributed by atoms with Gasteiger partial charge < -0.3 is 31.0 Å². The molecule has 2 aromatic rings. The summed E-state index contributed by atoms with van der Waals surface area (Å²) >= 11 is 0. The van der Waals surface area contributed by atoms with Crippen LogP contribution in [-0.4, -0.2) is 53.3 Å². The molecule has 0 saturated heterocycles. The van der Waals surface area contributed by atoms with Gasteiger partial charge in [-0.05, 0) is 50.9 Å². The third kappa shape index (κ3) is 9.86. The molecule has 1 heterocycles. The van der Waals surface area contributed by atoms with Crippen molar-refractivity contribution in [1.82, 2.24) is 15.6 Å². The van der Waals surface area contributed by atoms with E-state index in [-0.39, 0.29) is 36.4 Å². The van der Waals surface area contributed by atoms with E-state index in [2.05, 4.69) is 34.5 Å². The zero-order valence-corrected chi connectivity index (χ0v) is 24.5. The zero-order valence-electron chi connectivity index (χ0n) is 24.5. The first-order valence-electron chi connectivity index (χ1n) is 14.6. The van der Waals surface area contributed by atoms with Crippen LogP contribution in [0.5, 0.6) is 0 Å². The largest absolute Gasteiger partial charge is 0.480 e. The van der Waals surface area contributed by atoms with Gasteiger partial charge in [0.05, 0.1) is 19.4 Å². The van der Waals surface area contributed by atoms with Gasteiger partial charge in [0, 0.05) is 12.1 Å². The summed E-state index contributed by atoms with van der Waals surface area (Å²) in [6, 6.07) is 8.90. The van der Waals surface area contributed by atoms with Gasteiger partial charge in [-0.2, -0.15) is 0 Å². The highest BCUT2D eigenvalue weighted by Gasteiger charge is 2.37. The number of benzene rings is 1. The second-order valence-electron chi connectivity index (χ2n) is 11.5. The number of carboxylic acid groups (broad SMARTS) is 1. The van der Waals surface area contributed by atoms with Gasteiger partial charge >= 0.3 is 5.97 Å². The lowest BCUT2D eigenvalue weighted by Crippen LogP contribution is -2.52.